The average Bonchev–Trinajstić information content (AvgIpc) is 2.35. The quantitative estimate of drug-likeness (QED) is 0.521. The molecule has 1 heterocycles. The maximum absolute atomic E-state index is 12.4. The fraction of sp³-hybridized carbons (Fsp3) is 0.364. The molecular weight excluding hydrogens is 279 g/mol. The Hall–Kier alpha value is -1.75. The van der Waals surface area contributed by atoms with Crippen molar-refractivity contribution in [3.05, 3.63) is 18.0 Å². The number of amides is 1. The van der Waals surface area contributed by atoms with Crippen LogP contribution in [0.1, 0.15) is 12.6 Å². The summed E-state index contributed by atoms with van der Waals surface area (Å²) in [5.74, 6) is 1.84. The lowest BCUT2D eigenvalue weighted by Gasteiger charge is -2.10. The van der Waals surface area contributed by atoms with E-state index in [0.29, 0.717) is 0 Å². The smallest absolute Gasteiger partial charge is 0.344 e. The summed E-state index contributed by atoms with van der Waals surface area (Å²) in [5.41, 5.74) is -1.04. The minimum atomic E-state index is -4.53. The van der Waals surface area contributed by atoms with E-state index < -0.39 is 17.1 Å². The molecule has 8 heteroatoms. The van der Waals surface area contributed by atoms with Gasteiger partial charge in [0.1, 0.15) is 5.69 Å². The average molecular weight is 289 g/mol. The highest BCUT2D eigenvalue weighted by molar-refractivity contribution is 8.00. The molecule has 1 amide bonds. The standard InChI is InChI=1S/C11H10F3N3OS/c1-3-5-15-9(18)7(2)19-10-16-6-4-8(17-10)11(12,13)14/h1,4,6-7H,5H2,2H3,(H,15,18). The lowest BCUT2D eigenvalue weighted by Crippen LogP contribution is -2.31. The van der Waals surface area contributed by atoms with Crippen molar-refractivity contribution < 1.29 is 18.0 Å². The number of alkyl halides is 3. The van der Waals surface area contributed by atoms with E-state index in [9.17, 15) is 18.0 Å². The predicted octanol–water partition coefficient (Wildman–Crippen LogP) is 1.73. The van der Waals surface area contributed by atoms with Crippen LogP contribution in [0.15, 0.2) is 17.4 Å². The first-order chi connectivity index (χ1) is 8.84. The molecule has 0 aliphatic heterocycles. The lowest BCUT2D eigenvalue weighted by atomic mass is 10.4. The first-order valence-corrected chi connectivity index (χ1v) is 6.00. The van der Waals surface area contributed by atoms with Gasteiger partial charge in [0.2, 0.25) is 5.91 Å². The van der Waals surface area contributed by atoms with Crippen LogP contribution < -0.4 is 5.32 Å². The second-order valence-corrected chi connectivity index (χ2v) is 4.71. The Labute approximate surface area is 112 Å². The minimum absolute atomic E-state index is 0.0627. The highest BCUT2D eigenvalue weighted by Gasteiger charge is 2.33. The molecule has 1 aromatic heterocycles. The summed E-state index contributed by atoms with van der Waals surface area (Å²) in [5, 5.41) is 1.67. The van der Waals surface area contributed by atoms with Gasteiger partial charge in [-0.2, -0.15) is 13.2 Å². The second kappa shape index (κ2) is 6.43. The number of rotatable bonds is 4. The van der Waals surface area contributed by atoms with E-state index in [0.717, 1.165) is 24.0 Å². The van der Waals surface area contributed by atoms with Crippen LogP contribution >= 0.6 is 11.8 Å². The number of carbonyl (C=O) groups is 1. The summed E-state index contributed by atoms with van der Waals surface area (Å²) in [6, 6.07) is 0.771. The zero-order valence-electron chi connectivity index (χ0n) is 9.86. The van der Waals surface area contributed by atoms with Crippen molar-refractivity contribution in [2.75, 3.05) is 6.54 Å². The van der Waals surface area contributed by atoms with Crippen LogP contribution in [-0.2, 0) is 11.0 Å². The van der Waals surface area contributed by atoms with Crippen LogP contribution in [0, 0.1) is 12.3 Å². The Balaban J connectivity index is 2.72. The second-order valence-electron chi connectivity index (χ2n) is 3.40. The number of terminal acetylenes is 1. The minimum Gasteiger partial charge on any atom is -0.344 e. The lowest BCUT2D eigenvalue weighted by molar-refractivity contribution is -0.141. The van der Waals surface area contributed by atoms with E-state index >= 15 is 0 Å². The third kappa shape index (κ3) is 4.79. The number of aromatic nitrogens is 2. The molecule has 1 unspecified atom stereocenters. The van der Waals surface area contributed by atoms with E-state index in [1.54, 1.807) is 0 Å². The Kier molecular flexibility index (Phi) is 5.18. The molecule has 0 aliphatic carbocycles. The number of halogens is 3. The fourth-order valence-electron chi connectivity index (χ4n) is 1.05. The van der Waals surface area contributed by atoms with E-state index in [-0.39, 0.29) is 17.6 Å². The Morgan fingerprint density at radius 1 is 1.63 bits per heavy atom. The fourth-order valence-corrected chi connectivity index (χ4v) is 1.83. The summed E-state index contributed by atoms with van der Waals surface area (Å²) in [6.07, 6.45) is 1.45. The van der Waals surface area contributed by atoms with Crippen LogP contribution in [-0.4, -0.2) is 27.7 Å². The van der Waals surface area contributed by atoms with Gasteiger partial charge in [-0.15, -0.1) is 6.42 Å². The predicted molar refractivity (Wildman–Crippen MR) is 64.2 cm³/mol. The normalized spacial score (nSPS) is 12.6. The molecule has 1 rings (SSSR count). The highest BCUT2D eigenvalue weighted by Crippen LogP contribution is 2.29. The van der Waals surface area contributed by atoms with Gasteiger partial charge in [-0.3, -0.25) is 4.79 Å². The molecule has 1 N–H and O–H groups in total. The molecule has 4 nitrogen and oxygen atoms in total. The number of thioether (sulfide) groups is 1. The Bertz CT molecular complexity index is 499. The zero-order valence-corrected chi connectivity index (χ0v) is 10.7. The molecule has 1 aromatic rings. The molecule has 0 radical (unpaired) electrons. The molecule has 0 fully saturated rings. The zero-order chi connectivity index (χ0) is 14.5. The summed E-state index contributed by atoms with van der Waals surface area (Å²) in [4.78, 5) is 18.5. The Morgan fingerprint density at radius 3 is 2.89 bits per heavy atom. The van der Waals surface area contributed by atoms with Gasteiger partial charge in [-0.1, -0.05) is 17.7 Å². The van der Waals surface area contributed by atoms with E-state index in [1.165, 1.54) is 6.92 Å². The van der Waals surface area contributed by atoms with Crippen molar-refractivity contribution >= 4 is 17.7 Å². The van der Waals surface area contributed by atoms with Crippen molar-refractivity contribution in [1.82, 2.24) is 15.3 Å². The number of nitrogens with zero attached hydrogens (tertiary/aromatic N) is 2. The first-order valence-electron chi connectivity index (χ1n) is 5.12. The van der Waals surface area contributed by atoms with E-state index in [4.69, 9.17) is 6.42 Å². The summed E-state index contributed by atoms with van der Waals surface area (Å²) < 4.78 is 37.3. The highest BCUT2D eigenvalue weighted by atomic mass is 32.2. The molecule has 0 saturated heterocycles. The Morgan fingerprint density at radius 2 is 2.32 bits per heavy atom. The van der Waals surface area contributed by atoms with Crippen molar-refractivity contribution in [3.8, 4) is 12.3 Å². The van der Waals surface area contributed by atoms with Crippen molar-refractivity contribution in [2.45, 2.75) is 23.5 Å². The van der Waals surface area contributed by atoms with Gasteiger partial charge in [-0.25, -0.2) is 9.97 Å². The number of carbonyl (C=O) groups excluding carboxylic acids is 1. The maximum Gasteiger partial charge on any atom is 0.433 e. The van der Waals surface area contributed by atoms with Crippen molar-refractivity contribution in [1.29, 1.82) is 0 Å². The molecule has 0 aliphatic rings. The van der Waals surface area contributed by atoms with Gasteiger partial charge < -0.3 is 5.32 Å². The van der Waals surface area contributed by atoms with Crippen LogP contribution in [0.3, 0.4) is 0 Å². The summed E-state index contributed by atoms with van der Waals surface area (Å²) in [7, 11) is 0. The van der Waals surface area contributed by atoms with Crippen molar-refractivity contribution in [2.24, 2.45) is 0 Å². The molecule has 0 bridgehead atoms. The summed E-state index contributed by atoms with van der Waals surface area (Å²) >= 11 is 0.830. The van der Waals surface area contributed by atoms with Gasteiger partial charge in [-0.05, 0) is 13.0 Å². The topological polar surface area (TPSA) is 54.9 Å². The third-order valence-corrected chi connectivity index (χ3v) is 2.92. The van der Waals surface area contributed by atoms with Crippen molar-refractivity contribution in [3.63, 3.8) is 0 Å². The van der Waals surface area contributed by atoms with Gasteiger partial charge in [0, 0.05) is 6.20 Å². The first kappa shape index (κ1) is 15.3. The monoisotopic (exact) mass is 289 g/mol. The number of hydrogen-bond donors (Lipinski definition) is 1. The number of hydrogen-bond acceptors (Lipinski definition) is 4. The molecule has 1 atom stereocenters. The SMILES string of the molecule is C#CCNC(=O)C(C)Sc1nccc(C(F)(F)F)n1. The van der Waals surface area contributed by atoms with Crippen LogP contribution in [0.4, 0.5) is 13.2 Å². The molecule has 0 spiro atoms. The van der Waals surface area contributed by atoms with E-state index in [1.807, 2.05) is 0 Å². The van der Waals surface area contributed by atoms with Gasteiger partial charge >= 0.3 is 6.18 Å². The molecule has 0 aromatic carbocycles. The van der Waals surface area contributed by atoms with Gasteiger partial charge in [0.15, 0.2) is 5.16 Å². The molecule has 19 heavy (non-hydrogen) atoms. The van der Waals surface area contributed by atoms with E-state index in [2.05, 4.69) is 21.2 Å². The van der Waals surface area contributed by atoms with Gasteiger partial charge in [0.25, 0.3) is 0 Å². The summed E-state index contributed by atoms with van der Waals surface area (Å²) in [6.45, 7) is 1.59. The molecule has 102 valence electrons. The van der Waals surface area contributed by atoms with Gasteiger partial charge in [0.05, 0.1) is 11.8 Å². The number of nitrogens with one attached hydrogen (secondary N) is 1. The maximum atomic E-state index is 12.4. The van der Waals surface area contributed by atoms with Crippen LogP contribution in [0.2, 0.25) is 0 Å². The largest absolute Gasteiger partial charge is 0.433 e. The molecule has 0 saturated carbocycles. The van der Waals surface area contributed by atoms with Crippen LogP contribution in [0.25, 0.3) is 0 Å². The molecular formula is C11H10F3N3OS. The third-order valence-electron chi connectivity index (χ3n) is 1.94. The van der Waals surface area contributed by atoms with Crippen LogP contribution in [0.5, 0.6) is 0 Å².